The van der Waals surface area contributed by atoms with Crippen LogP contribution in [0, 0.1) is 0 Å². The van der Waals surface area contributed by atoms with E-state index in [1.165, 1.54) is 7.11 Å². The van der Waals surface area contributed by atoms with E-state index in [-0.39, 0.29) is 12.8 Å². The minimum absolute atomic E-state index is 0.0277. The van der Waals surface area contributed by atoms with Crippen molar-refractivity contribution in [3.8, 4) is 28.0 Å². The Morgan fingerprint density at radius 1 is 0.763 bits per heavy atom. The van der Waals surface area contributed by atoms with Gasteiger partial charge in [-0.2, -0.15) is 0 Å². The summed E-state index contributed by atoms with van der Waals surface area (Å²) >= 11 is 0. The van der Waals surface area contributed by atoms with Gasteiger partial charge in [-0.15, -0.1) is 0 Å². The molecule has 4 aromatic carbocycles. The van der Waals surface area contributed by atoms with Gasteiger partial charge in [-0.3, -0.25) is 14.9 Å². The monoisotopic (exact) mass is 508 g/mol. The molecule has 0 radical (unpaired) electrons. The summed E-state index contributed by atoms with van der Waals surface area (Å²) in [6.45, 7) is 0. The molecule has 0 aliphatic carbocycles. The molecule has 192 valence electrons. The standard InChI is InChI=1S/C31H28N2O5/c1-38-28-18-16-25(22-10-6-3-7-11-22)20-27(28)32-26(31(36)37)17-19-29(34)33-30(35)24-14-12-23(13-15-24)21-8-4-2-5-9-21/h2-16,18,20,26,32H,17,19H2,1H3,(H,36,37)(H,33,34,35)/t26-/m0/s1. The van der Waals surface area contributed by atoms with E-state index in [1.807, 2.05) is 84.9 Å². The van der Waals surface area contributed by atoms with Gasteiger partial charge in [0.25, 0.3) is 5.91 Å². The normalized spacial score (nSPS) is 11.3. The van der Waals surface area contributed by atoms with Crippen LogP contribution < -0.4 is 15.4 Å². The fraction of sp³-hybridized carbons (Fsp3) is 0.129. The first-order valence-corrected chi connectivity index (χ1v) is 12.2. The smallest absolute Gasteiger partial charge is 0.326 e. The van der Waals surface area contributed by atoms with Crippen LogP contribution in [0.15, 0.2) is 103 Å². The number of methoxy groups -OCH3 is 1. The van der Waals surface area contributed by atoms with Crippen molar-refractivity contribution in [2.45, 2.75) is 18.9 Å². The van der Waals surface area contributed by atoms with Crippen molar-refractivity contribution in [3.63, 3.8) is 0 Å². The lowest BCUT2D eigenvalue weighted by molar-refractivity contribution is -0.138. The Bertz CT molecular complexity index is 1400. The van der Waals surface area contributed by atoms with Crippen molar-refractivity contribution in [2.24, 2.45) is 0 Å². The number of nitrogens with one attached hydrogen (secondary N) is 2. The molecule has 0 aliphatic rings. The maximum Gasteiger partial charge on any atom is 0.326 e. The third-order valence-corrected chi connectivity index (χ3v) is 6.10. The van der Waals surface area contributed by atoms with Crippen molar-refractivity contribution in [3.05, 3.63) is 109 Å². The van der Waals surface area contributed by atoms with Crippen LogP contribution in [-0.2, 0) is 9.59 Å². The number of hydrogen-bond donors (Lipinski definition) is 3. The Kier molecular flexibility index (Phi) is 8.51. The lowest BCUT2D eigenvalue weighted by Gasteiger charge is -2.19. The van der Waals surface area contributed by atoms with Crippen LogP contribution in [0.2, 0.25) is 0 Å². The number of carboxylic acid groups (broad SMARTS) is 1. The number of carbonyl (C=O) groups is 3. The second kappa shape index (κ2) is 12.4. The number of imide groups is 1. The van der Waals surface area contributed by atoms with Gasteiger partial charge in [0.2, 0.25) is 5.91 Å². The number of ether oxygens (including phenoxy) is 1. The lowest BCUT2D eigenvalue weighted by atomic mass is 10.0. The molecule has 0 bridgehead atoms. The quantitative estimate of drug-likeness (QED) is 0.256. The van der Waals surface area contributed by atoms with E-state index >= 15 is 0 Å². The SMILES string of the molecule is COc1ccc(-c2ccccc2)cc1N[C@@H](CCC(=O)NC(=O)c1ccc(-c2ccccc2)cc1)C(=O)O. The van der Waals surface area contributed by atoms with E-state index in [2.05, 4.69) is 10.6 Å². The maximum atomic E-state index is 12.5. The summed E-state index contributed by atoms with van der Waals surface area (Å²) in [7, 11) is 1.50. The van der Waals surface area contributed by atoms with E-state index < -0.39 is 23.8 Å². The van der Waals surface area contributed by atoms with Crippen molar-refractivity contribution in [1.82, 2.24) is 5.32 Å². The number of aliphatic carboxylic acids is 1. The average Bonchev–Trinajstić information content (AvgIpc) is 2.96. The molecule has 4 aromatic rings. The molecule has 7 heteroatoms. The van der Waals surface area contributed by atoms with Crippen LogP contribution in [0.3, 0.4) is 0 Å². The first-order valence-electron chi connectivity index (χ1n) is 12.2. The molecule has 0 heterocycles. The van der Waals surface area contributed by atoms with E-state index in [0.717, 1.165) is 22.3 Å². The van der Waals surface area contributed by atoms with E-state index in [1.54, 1.807) is 18.2 Å². The van der Waals surface area contributed by atoms with Gasteiger partial charge >= 0.3 is 5.97 Å². The predicted octanol–water partition coefficient (Wildman–Crippen LogP) is 5.63. The van der Waals surface area contributed by atoms with Crippen molar-refractivity contribution in [2.75, 3.05) is 12.4 Å². The third kappa shape index (κ3) is 6.64. The summed E-state index contributed by atoms with van der Waals surface area (Å²) < 4.78 is 5.40. The molecule has 0 aromatic heterocycles. The van der Waals surface area contributed by atoms with Crippen molar-refractivity contribution >= 4 is 23.5 Å². The van der Waals surface area contributed by atoms with Gasteiger partial charge in [-0.1, -0.05) is 78.9 Å². The molecule has 0 saturated carbocycles. The number of hydrogen-bond acceptors (Lipinski definition) is 5. The van der Waals surface area contributed by atoms with Crippen molar-refractivity contribution < 1.29 is 24.2 Å². The van der Waals surface area contributed by atoms with Crippen LogP contribution in [0.1, 0.15) is 23.2 Å². The summed E-state index contributed by atoms with van der Waals surface area (Å²) in [5.41, 5.74) is 4.67. The molecule has 38 heavy (non-hydrogen) atoms. The van der Waals surface area contributed by atoms with E-state index in [9.17, 15) is 19.5 Å². The predicted molar refractivity (Wildman–Crippen MR) is 147 cm³/mol. The van der Waals surface area contributed by atoms with E-state index in [0.29, 0.717) is 17.0 Å². The Labute approximate surface area is 221 Å². The molecule has 0 aliphatic heterocycles. The van der Waals surface area contributed by atoms with Gasteiger partial charge in [0, 0.05) is 12.0 Å². The second-order valence-electron chi connectivity index (χ2n) is 8.68. The van der Waals surface area contributed by atoms with Gasteiger partial charge in [0.15, 0.2) is 0 Å². The average molecular weight is 509 g/mol. The largest absolute Gasteiger partial charge is 0.495 e. The highest BCUT2D eigenvalue weighted by Crippen LogP contribution is 2.31. The zero-order chi connectivity index (χ0) is 26.9. The molecule has 4 rings (SSSR count). The molecule has 0 saturated heterocycles. The fourth-order valence-electron chi connectivity index (χ4n) is 4.06. The number of rotatable bonds is 10. The van der Waals surface area contributed by atoms with Crippen LogP contribution in [0.4, 0.5) is 5.69 Å². The van der Waals surface area contributed by atoms with E-state index in [4.69, 9.17) is 4.74 Å². The summed E-state index contributed by atoms with van der Waals surface area (Å²) in [6, 6.07) is 30.7. The topological polar surface area (TPSA) is 105 Å². The summed E-state index contributed by atoms with van der Waals surface area (Å²) in [4.78, 5) is 37.0. The zero-order valence-corrected chi connectivity index (χ0v) is 20.9. The summed E-state index contributed by atoms with van der Waals surface area (Å²) in [5, 5.41) is 15.1. The number of anilines is 1. The number of benzene rings is 4. The zero-order valence-electron chi connectivity index (χ0n) is 20.9. The molecular formula is C31H28N2O5. The molecule has 0 spiro atoms. The van der Waals surface area contributed by atoms with Crippen LogP contribution >= 0.6 is 0 Å². The molecule has 0 unspecified atom stereocenters. The molecule has 0 fully saturated rings. The molecule has 1 atom stereocenters. The molecule has 3 N–H and O–H groups in total. The maximum absolute atomic E-state index is 12.5. The number of carboxylic acids is 1. The Hall–Kier alpha value is -4.91. The third-order valence-electron chi connectivity index (χ3n) is 6.10. The highest BCUT2D eigenvalue weighted by Gasteiger charge is 2.21. The van der Waals surface area contributed by atoms with Crippen LogP contribution in [-0.4, -0.2) is 36.0 Å². The van der Waals surface area contributed by atoms with Crippen molar-refractivity contribution in [1.29, 1.82) is 0 Å². The second-order valence-corrected chi connectivity index (χ2v) is 8.68. The highest BCUT2D eigenvalue weighted by atomic mass is 16.5. The summed E-state index contributed by atoms with van der Waals surface area (Å²) in [6.07, 6.45) is -0.182. The summed E-state index contributed by atoms with van der Waals surface area (Å²) in [5.74, 6) is -1.73. The Morgan fingerprint density at radius 3 is 1.89 bits per heavy atom. The first-order chi connectivity index (χ1) is 18.4. The van der Waals surface area contributed by atoms with Gasteiger partial charge < -0.3 is 15.2 Å². The minimum atomic E-state index is -1.12. The molecule has 7 nitrogen and oxygen atoms in total. The molecule has 2 amide bonds. The van der Waals surface area contributed by atoms with Gasteiger partial charge in [0.1, 0.15) is 11.8 Å². The van der Waals surface area contributed by atoms with Gasteiger partial charge in [0.05, 0.1) is 12.8 Å². The van der Waals surface area contributed by atoms with Crippen LogP contribution in [0.5, 0.6) is 5.75 Å². The number of amides is 2. The first kappa shape index (κ1) is 26.2. The van der Waals surface area contributed by atoms with Gasteiger partial charge in [-0.05, 0) is 52.9 Å². The Balaban J connectivity index is 1.37. The number of carbonyl (C=O) groups excluding carboxylic acids is 2. The Morgan fingerprint density at radius 2 is 1.32 bits per heavy atom. The lowest BCUT2D eigenvalue weighted by Crippen LogP contribution is -2.34. The fourth-order valence-corrected chi connectivity index (χ4v) is 4.06. The van der Waals surface area contributed by atoms with Gasteiger partial charge in [-0.25, -0.2) is 4.79 Å². The van der Waals surface area contributed by atoms with Crippen LogP contribution in [0.25, 0.3) is 22.3 Å². The minimum Gasteiger partial charge on any atom is -0.495 e. The molecular weight excluding hydrogens is 480 g/mol. The highest BCUT2D eigenvalue weighted by molar-refractivity contribution is 6.05.